The summed E-state index contributed by atoms with van der Waals surface area (Å²) in [6.07, 6.45) is 6.07. The van der Waals surface area contributed by atoms with E-state index >= 15 is 0 Å². The highest BCUT2D eigenvalue weighted by atomic mass is 16.5. The maximum absolute atomic E-state index is 11.7. The first-order chi connectivity index (χ1) is 18.0. The SMILES string of the molecule is CNC(=O)c1cc(OCC#Cc2cnc(N3CCC4(CC3)Cc3ccccc3[C@H]4N)c(CO)n2)ccn1. The van der Waals surface area contributed by atoms with Gasteiger partial charge in [0.25, 0.3) is 5.91 Å². The number of hydrogen-bond donors (Lipinski definition) is 3. The zero-order chi connectivity index (χ0) is 25.8. The molecule has 1 atom stereocenters. The van der Waals surface area contributed by atoms with Crippen molar-refractivity contribution in [3.63, 3.8) is 0 Å². The van der Waals surface area contributed by atoms with Crippen LogP contribution < -0.4 is 20.7 Å². The minimum atomic E-state index is -0.288. The van der Waals surface area contributed by atoms with Gasteiger partial charge in [0.15, 0.2) is 5.82 Å². The molecule has 1 aromatic carbocycles. The number of hydrogen-bond acceptors (Lipinski definition) is 8. The summed E-state index contributed by atoms with van der Waals surface area (Å²) in [6.45, 7) is 1.50. The molecule has 0 saturated carbocycles. The normalized spacial score (nSPS) is 17.6. The molecule has 2 aromatic heterocycles. The lowest BCUT2D eigenvalue weighted by atomic mass is 9.73. The third kappa shape index (κ3) is 4.99. The van der Waals surface area contributed by atoms with Crippen molar-refractivity contribution >= 4 is 11.7 Å². The fraction of sp³-hybridized carbons (Fsp3) is 0.357. The smallest absolute Gasteiger partial charge is 0.269 e. The van der Waals surface area contributed by atoms with Gasteiger partial charge in [-0.05, 0) is 47.8 Å². The number of piperidine rings is 1. The van der Waals surface area contributed by atoms with Crippen molar-refractivity contribution in [2.45, 2.75) is 31.9 Å². The molecule has 1 saturated heterocycles. The molecule has 0 radical (unpaired) electrons. The molecule has 0 bridgehead atoms. The van der Waals surface area contributed by atoms with E-state index in [1.165, 1.54) is 17.3 Å². The number of rotatable bonds is 5. The van der Waals surface area contributed by atoms with Gasteiger partial charge >= 0.3 is 0 Å². The van der Waals surface area contributed by atoms with E-state index in [0.29, 0.717) is 23.0 Å². The van der Waals surface area contributed by atoms with E-state index in [-0.39, 0.29) is 36.3 Å². The van der Waals surface area contributed by atoms with Gasteiger partial charge in [-0.15, -0.1) is 0 Å². The van der Waals surface area contributed by atoms with Gasteiger partial charge in [0, 0.05) is 38.4 Å². The Morgan fingerprint density at radius 1 is 1.27 bits per heavy atom. The maximum Gasteiger partial charge on any atom is 0.269 e. The molecular weight excluding hydrogens is 468 g/mol. The van der Waals surface area contributed by atoms with Crippen LogP contribution in [0.4, 0.5) is 5.82 Å². The molecule has 1 aliphatic carbocycles. The minimum absolute atomic E-state index is 0.0525. The molecule has 1 fully saturated rings. The van der Waals surface area contributed by atoms with E-state index in [2.05, 4.69) is 61.3 Å². The fourth-order valence-electron chi connectivity index (χ4n) is 5.32. The number of nitrogens with one attached hydrogen (secondary N) is 1. The zero-order valence-corrected chi connectivity index (χ0v) is 20.8. The average molecular weight is 499 g/mol. The van der Waals surface area contributed by atoms with Crippen LogP contribution in [0.25, 0.3) is 0 Å². The van der Waals surface area contributed by atoms with Gasteiger partial charge in [-0.25, -0.2) is 9.97 Å². The number of aromatic nitrogens is 3. The van der Waals surface area contributed by atoms with Crippen LogP contribution in [0.1, 0.15) is 51.9 Å². The number of nitrogens with zero attached hydrogens (tertiary/aromatic N) is 4. The molecule has 5 rings (SSSR count). The second-order valence-electron chi connectivity index (χ2n) is 9.43. The lowest BCUT2D eigenvalue weighted by Gasteiger charge is -2.42. The van der Waals surface area contributed by atoms with Crippen LogP contribution in [0, 0.1) is 17.3 Å². The van der Waals surface area contributed by atoms with E-state index in [0.717, 1.165) is 32.4 Å². The van der Waals surface area contributed by atoms with E-state index in [1.54, 1.807) is 25.4 Å². The van der Waals surface area contributed by atoms with Gasteiger partial charge in [0.1, 0.15) is 29.4 Å². The molecule has 4 N–H and O–H groups in total. The topological polar surface area (TPSA) is 126 Å². The van der Waals surface area contributed by atoms with E-state index < -0.39 is 0 Å². The Morgan fingerprint density at radius 3 is 2.84 bits per heavy atom. The molecule has 1 spiro atoms. The van der Waals surface area contributed by atoms with Crippen LogP contribution in [0.15, 0.2) is 48.8 Å². The number of ether oxygens (including phenoxy) is 1. The van der Waals surface area contributed by atoms with E-state index in [1.807, 2.05) is 0 Å². The molecule has 3 heterocycles. The molecule has 190 valence electrons. The largest absolute Gasteiger partial charge is 0.481 e. The van der Waals surface area contributed by atoms with Gasteiger partial charge in [-0.2, -0.15) is 0 Å². The first-order valence-electron chi connectivity index (χ1n) is 12.4. The quantitative estimate of drug-likeness (QED) is 0.456. The van der Waals surface area contributed by atoms with Crippen LogP contribution in [0.2, 0.25) is 0 Å². The first kappa shape index (κ1) is 24.7. The fourth-order valence-corrected chi connectivity index (χ4v) is 5.32. The van der Waals surface area contributed by atoms with Crippen molar-refractivity contribution in [2.75, 3.05) is 31.6 Å². The molecule has 1 amide bonds. The van der Waals surface area contributed by atoms with Crippen LogP contribution in [0.3, 0.4) is 0 Å². The van der Waals surface area contributed by atoms with Gasteiger partial charge in [-0.1, -0.05) is 30.2 Å². The highest BCUT2D eigenvalue weighted by Crippen LogP contribution is 2.50. The third-order valence-electron chi connectivity index (χ3n) is 7.34. The summed E-state index contributed by atoms with van der Waals surface area (Å²) < 4.78 is 5.61. The second kappa shape index (κ2) is 10.5. The number of pyridine rings is 1. The van der Waals surface area contributed by atoms with Crippen molar-refractivity contribution in [3.8, 4) is 17.6 Å². The summed E-state index contributed by atoms with van der Waals surface area (Å²) in [5.74, 6) is 6.74. The van der Waals surface area contributed by atoms with Crippen LogP contribution in [-0.4, -0.2) is 52.7 Å². The number of benzene rings is 1. The molecule has 3 aromatic rings. The number of aliphatic hydroxyl groups excluding tert-OH is 1. The van der Waals surface area contributed by atoms with Crippen LogP contribution in [0.5, 0.6) is 5.75 Å². The summed E-state index contributed by atoms with van der Waals surface area (Å²) in [7, 11) is 1.54. The molecule has 37 heavy (non-hydrogen) atoms. The molecule has 9 heteroatoms. The van der Waals surface area contributed by atoms with Crippen molar-refractivity contribution in [1.29, 1.82) is 0 Å². The summed E-state index contributed by atoms with van der Waals surface area (Å²) in [5, 5.41) is 12.5. The molecule has 1 aliphatic heterocycles. The Kier molecular flexibility index (Phi) is 7.04. The molecule has 9 nitrogen and oxygen atoms in total. The van der Waals surface area contributed by atoms with Crippen molar-refractivity contribution < 1.29 is 14.6 Å². The zero-order valence-electron chi connectivity index (χ0n) is 20.8. The monoisotopic (exact) mass is 498 g/mol. The first-order valence-corrected chi connectivity index (χ1v) is 12.4. The lowest BCUT2D eigenvalue weighted by Crippen LogP contribution is -2.45. The van der Waals surface area contributed by atoms with Crippen LogP contribution >= 0.6 is 0 Å². The van der Waals surface area contributed by atoms with Gasteiger partial charge < -0.3 is 25.8 Å². The maximum atomic E-state index is 11.7. The van der Waals surface area contributed by atoms with Crippen molar-refractivity contribution in [3.05, 3.63) is 77.0 Å². The van der Waals surface area contributed by atoms with Crippen LogP contribution in [-0.2, 0) is 13.0 Å². The lowest BCUT2D eigenvalue weighted by molar-refractivity contribution is 0.0957. The number of nitrogens with two attached hydrogens (primary N) is 1. The number of amides is 1. The second-order valence-corrected chi connectivity index (χ2v) is 9.43. The highest BCUT2D eigenvalue weighted by molar-refractivity contribution is 5.92. The molecule has 2 aliphatic rings. The number of carbonyl (C=O) groups excluding carboxylic acids is 1. The van der Waals surface area contributed by atoms with E-state index in [4.69, 9.17) is 10.5 Å². The summed E-state index contributed by atoms with van der Waals surface area (Å²) in [5.41, 5.74) is 10.7. The Hall–Kier alpha value is -4.00. The Bertz CT molecular complexity index is 1360. The summed E-state index contributed by atoms with van der Waals surface area (Å²) in [6, 6.07) is 11.8. The Morgan fingerprint density at radius 2 is 2.08 bits per heavy atom. The number of fused-ring (bicyclic) bond motifs is 1. The molecular formula is C28H30N6O3. The van der Waals surface area contributed by atoms with E-state index in [9.17, 15) is 9.90 Å². The predicted molar refractivity (Wildman–Crippen MR) is 139 cm³/mol. The predicted octanol–water partition coefficient (Wildman–Crippen LogP) is 2.00. The Labute approximate surface area is 216 Å². The number of carbonyl (C=O) groups is 1. The van der Waals surface area contributed by atoms with Crippen molar-refractivity contribution in [2.24, 2.45) is 11.1 Å². The number of anilines is 1. The number of aliphatic hydroxyl groups is 1. The molecule has 0 unspecified atom stereocenters. The third-order valence-corrected chi connectivity index (χ3v) is 7.34. The summed E-state index contributed by atoms with van der Waals surface area (Å²) >= 11 is 0. The Balaban J connectivity index is 1.21. The van der Waals surface area contributed by atoms with Gasteiger partial charge in [0.05, 0.1) is 12.8 Å². The minimum Gasteiger partial charge on any atom is -0.481 e. The summed E-state index contributed by atoms with van der Waals surface area (Å²) in [4.78, 5) is 27.0. The van der Waals surface area contributed by atoms with Crippen molar-refractivity contribution in [1.82, 2.24) is 20.3 Å². The van der Waals surface area contributed by atoms with Gasteiger partial charge in [-0.3, -0.25) is 9.78 Å². The standard InChI is InChI=1S/C28H30N6O3/c1-30-27(36)23-15-21(8-11-31-23)37-14-4-6-20-17-32-26(24(18-35)33-20)34-12-9-28(10-13-34)16-19-5-2-3-7-22(19)25(28)29/h2-3,5,7-8,11,15,17,25,35H,9-10,12-14,16,18,29H2,1H3,(H,30,36)/t25-/m1/s1. The highest BCUT2D eigenvalue weighted by Gasteiger charge is 2.46. The van der Waals surface area contributed by atoms with Gasteiger partial charge in [0.2, 0.25) is 0 Å². The average Bonchev–Trinajstić information content (AvgIpc) is 3.22.